The highest BCUT2D eigenvalue weighted by molar-refractivity contribution is 5.95. The highest BCUT2D eigenvalue weighted by Gasteiger charge is 2.05. The van der Waals surface area contributed by atoms with Gasteiger partial charge in [-0.15, -0.1) is 0 Å². The second kappa shape index (κ2) is 5.93. The number of nitrogens with one attached hydrogen (secondary N) is 2. The molecule has 0 saturated carbocycles. The molecule has 0 atom stereocenters. The molecule has 0 amide bonds. The Bertz CT molecular complexity index is 779. The van der Waals surface area contributed by atoms with Gasteiger partial charge in [0.15, 0.2) is 0 Å². The van der Waals surface area contributed by atoms with Crippen molar-refractivity contribution < 1.29 is 0 Å². The topological polar surface area (TPSA) is 40.2 Å². The van der Waals surface area contributed by atoms with E-state index in [9.17, 15) is 0 Å². The molecule has 0 aliphatic heterocycles. The van der Waals surface area contributed by atoms with Crippen molar-refractivity contribution in [2.75, 3.05) is 36.7 Å². The minimum absolute atomic E-state index is 0.988. The summed E-state index contributed by atoms with van der Waals surface area (Å²) in [4.78, 5) is 6.54. The van der Waals surface area contributed by atoms with Crippen LogP contribution >= 0.6 is 0 Å². The lowest BCUT2D eigenvalue weighted by atomic mass is 10.1. The van der Waals surface area contributed by atoms with Crippen LogP contribution in [0.1, 0.15) is 0 Å². The molecule has 3 rings (SSSR count). The summed E-state index contributed by atoms with van der Waals surface area (Å²) in [5.41, 5.74) is 5.37. The Hall–Kier alpha value is -2.75. The van der Waals surface area contributed by atoms with E-state index >= 15 is 0 Å². The fourth-order valence-corrected chi connectivity index (χ4v) is 2.40. The molecule has 2 aromatic carbocycles. The minimum Gasteiger partial charge on any atom is -0.388 e. The van der Waals surface area contributed by atoms with Gasteiger partial charge in [-0.2, -0.15) is 0 Å². The Balaban J connectivity index is 1.99. The first-order valence-electron chi connectivity index (χ1n) is 7.28. The molecule has 3 aromatic rings. The van der Waals surface area contributed by atoms with Gasteiger partial charge in [0, 0.05) is 55.5 Å². The Labute approximate surface area is 130 Å². The monoisotopic (exact) mass is 292 g/mol. The average molecular weight is 292 g/mol. The van der Waals surface area contributed by atoms with Crippen LogP contribution in [0.4, 0.5) is 22.7 Å². The molecule has 0 saturated heterocycles. The molecule has 22 heavy (non-hydrogen) atoms. The fourth-order valence-electron chi connectivity index (χ4n) is 2.40. The Kier molecular flexibility index (Phi) is 3.83. The van der Waals surface area contributed by atoms with Crippen LogP contribution in [0.5, 0.6) is 0 Å². The molecule has 0 spiro atoms. The molecule has 4 nitrogen and oxygen atoms in total. The Morgan fingerprint density at radius 3 is 2.32 bits per heavy atom. The van der Waals surface area contributed by atoms with Crippen LogP contribution in [0, 0.1) is 0 Å². The van der Waals surface area contributed by atoms with Gasteiger partial charge in [0.2, 0.25) is 0 Å². The van der Waals surface area contributed by atoms with E-state index in [1.54, 1.807) is 0 Å². The maximum absolute atomic E-state index is 4.44. The number of anilines is 4. The second-order valence-corrected chi connectivity index (χ2v) is 5.41. The van der Waals surface area contributed by atoms with E-state index in [-0.39, 0.29) is 0 Å². The first-order chi connectivity index (χ1) is 10.7. The fraction of sp³-hybridized carbons (Fsp3) is 0.167. The van der Waals surface area contributed by atoms with Gasteiger partial charge in [-0.1, -0.05) is 0 Å². The van der Waals surface area contributed by atoms with Crippen molar-refractivity contribution in [2.24, 2.45) is 0 Å². The van der Waals surface area contributed by atoms with Gasteiger partial charge < -0.3 is 15.5 Å². The highest BCUT2D eigenvalue weighted by atomic mass is 15.1. The minimum atomic E-state index is 0.988. The summed E-state index contributed by atoms with van der Waals surface area (Å²) in [5.74, 6) is 0. The van der Waals surface area contributed by atoms with Gasteiger partial charge in [0.05, 0.1) is 5.52 Å². The van der Waals surface area contributed by atoms with Crippen molar-refractivity contribution in [1.82, 2.24) is 4.98 Å². The van der Waals surface area contributed by atoms with Crippen molar-refractivity contribution in [2.45, 2.75) is 0 Å². The maximum Gasteiger partial charge on any atom is 0.0724 e. The summed E-state index contributed by atoms with van der Waals surface area (Å²) in [7, 11) is 6.00. The van der Waals surface area contributed by atoms with E-state index in [2.05, 4.69) is 63.0 Å². The predicted octanol–water partition coefficient (Wildman–Crippen LogP) is 4.09. The van der Waals surface area contributed by atoms with E-state index in [1.807, 2.05) is 33.4 Å². The van der Waals surface area contributed by atoms with Crippen LogP contribution in [0.3, 0.4) is 0 Å². The Morgan fingerprint density at radius 1 is 0.909 bits per heavy atom. The van der Waals surface area contributed by atoms with Crippen LogP contribution in [0.15, 0.2) is 54.7 Å². The molecule has 0 bridgehead atoms. The van der Waals surface area contributed by atoms with Crippen molar-refractivity contribution in [3.63, 3.8) is 0 Å². The lowest BCUT2D eigenvalue weighted by Crippen LogP contribution is -2.08. The zero-order valence-corrected chi connectivity index (χ0v) is 13.1. The van der Waals surface area contributed by atoms with Crippen LogP contribution in [-0.2, 0) is 0 Å². The molecular weight excluding hydrogens is 272 g/mol. The summed E-state index contributed by atoms with van der Waals surface area (Å²) >= 11 is 0. The zero-order valence-electron chi connectivity index (χ0n) is 13.1. The highest BCUT2D eigenvalue weighted by Crippen LogP contribution is 2.28. The standard InChI is InChI=1S/C18H20N4/c1-19-13-4-6-14(7-5-13)21-18-10-11-20-17-9-8-15(22(2)3)12-16(17)18/h4-12,19H,1-3H3,(H,20,21). The van der Waals surface area contributed by atoms with E-state index in [4.69, 9.17) is 0 Å². The molecule has 0 unspecified atom stereocenters. The Morgan fingerprint density at radius 2 is 1.64 bits per heavy atom. The predicted molar refractivity (Wildman–Crippen MR) is 95.3 cm³/mol. The molecule has 0 aliphatic rings. The summed E-state index contributed by atoms with van der Waals surface area (Å²) in [5, 5.41) is 7.72. The first-order valence-corrected chi connectivity index (χ1v) is 7.28. The van der Waals surface area contributed by atoms with Gasteiger partial charge >= 0.3 is 0 Å². The van der Waals surface area contributed by atoms with E-state index in [0.29, 0.717) is 0 Å². The number of rotatable bonds is 4. The summed E-state index contributed by atoms with van der Waals surface area (Å²) < 4.78 is 0. The zero-order chi connectivity index (χ0) is 15.5. The quantitative estimate of drug-likeness (QED) is 0.760. The number of hydrogen-bond donors (Lipinski definition) is 2. The first kappa shape index (κ1) is 14.2. The van der Waals surface area contributed by atoms with Crippen LogP contribution < -0.4 is 15.5 Å². The van der Waals surface area contributed by atoms with Crippen molar-refractivity contribution in [3.8, 4) is 0 Å². The number of fused-ring (bicyclic) bond motifs is 1. The smallest absolute Gasteiger partial charge is 0.0724 e. The molecule has 0 fully saturated rings. The van der Waals surface area contributed by atoms with Gasteiger partial charge in [0.25, 0.3) is 0 Å². The average Bonchev–Trinajstić information content (AvgIpc) is 2.55. The lowest BCUT2D eigenvalue weighted by molar-refractivity contribution is 1.13. The van der Waals surface area contributed by atoms with E-state index in [0.717, 1.165) is 33.7 Å². The number of nitrogens with zero attached hydrogens (tertiary/aromatic N) is 2. The molecule has 1 heterocycles. The molecular formula is C18H20N4. The summed E-state index contributed by atoms with van der Waals surface area (Å²) in [6.45, 7) is 0. The third kappa shape index (κ3) is 2.81. The van der Waals surface area contributed by atoms with Crippen LogP contribution in [0.2, 0.25) is 0 Å². The SMILES string of the molecule is CNc1ccc(Nc2ccnc3ccc(N(C)C)cc23)cc1. The third-order valence-corrected chi connectivity index (χ3v) is 3.69. The second-order valence-electron chi connectivity index (χ2n) is 5.41. The van der Waals surface area contributed by atoms with E-state index < -0.39 is 0 Å². The molecule has 112 valence electrons. The number of hydrogen-bond acceptors (Lipinski definition) is 4. The molecule has 4 heteroatoms. The molecule has 0 radical (unpaired) electrons. The normalized spacial score (nSPS) is 10.5. The molecule has 0 aliphatic carbocycles. The summed E-state index contributed by atoms with van der Waals surface area (Å²) in [6, 6.07) is 16.5. The summed E-state index contributed by atoms with van der Waals surface area (Å²) in [6.07, 6.45) is 1.84. The van der Waals surface area contributed by atoms with Gasteiger partial charge in [-0.3, -0.25) is 4.98 Å². The lowest BCUT2D eigenvalue weighted by Gasteiger charge is -2.15. The number of benzene rings is 2. The largest absolute Gasteiger partial charge is 0.388 e. The van der Waals surface area contributed by atoms with Crippen molar-refractivity contribution in [3.05, 3.63) is 54.7 Å². The number of pyridine rings is 1. The maximum atomic E-state index is 4.44. The van der Waals surface area contributed by atoms with Crippen LogP contribution in [0.25, 0.3) is 10.9 Å². The third-order valence-electron chi connectivity index (χ3n) is 3.69. The van der Waals surface area contributed by atoms with Gasteiger partial charge in [-0.05, 0) is 48.5 Å². The van der Waals surface area contributed by atoms with Crippen molar-refractivity contribution >= 4 is 33.7 Å². The van der Waals surface area contributed by atoms with Gasteiger partial charge in [-0.25, -0.2) is 0 Å². The molecule has 2 N–H and O–H groups in total. The van der Waals surface area contributed by atoms with E-state index in [1.165, 1.54) is 0 Å². The van der Waals surface area contributed by atoms with Crippen molar-refractivity contribution in [1.29, 1.82) is 0 Å². The molecule has 1 aromatic heterocycles. The van der Waals surface area contributed by atoms with Gasteiger partial charge in [0.1, 0.15) is 0 Å². The van der Waals surface area contributed by atoms with Crippen LogP contribution in [-0.4, -0.2) is 26.1 Å². The number of aromatic nitrogens is 1.